The van der Waals surface area contributed by atoms with Crippen LogP contribution in [0.5, 0.6) is 0 Å². The number of nitrogens with one attached hydrogen (secondary N) is 1. The number of halogens is 1. The predicted molar refractivity (Wildman–Crippen MR) is 89.6 cm³/mol. The topological polar surface area (TPSA) is 54.9 Å². The number of benzene rings is 1. The van der Waals surface area contributed by atoms with E-state index in [9.17, 15) is 4.79 Å². The second-order valence-corrected chi connectivity index (χ2v) is 7.37. The van der Waals surface area contributed by atoms with Gasteiger partial charge in [0.05, 0.1) is 0 Å². The van der Waals surface area contributed by atoms with Crippen molar-refractivity contribution in [3.05, 3.63) is 46.7 Å². The molecular weight excluding hydrogens is 318 g/mol. The first-order valence-electron chi connectivity index (χ1n) is 6.84. The van der Waals surface area contributed by atoms with E-state index in [4.69, 9.17) is 11.6 Å². The molecule has 1 N–H and O–H groups in total. The molecule has 0 atom stereocenters. The zero-order valence-corrected chi connectivity index (χ0v) is 14.5. The first kappa shape index (κ1) is 16.8. The van der Waals surface area contributed by atoms with Crippen molar-refractivity contribution in [3.8, 4) is 0 Å². The van der Waals surface area contributed by atoms with Crippen LogP contribution in [0.1, 0.15) is 36.8 Å². The Bertz CT molecular complexity index is 661. The van der Waals surface area contributed by atoms with Gasteiger partial charge in [0, 0.05) is 21.7 Å². The molecule has 2 rings (SSSR count). The summed E-state index contributed by atoms with van der Waals surface area (Å²) in [5, 5.41) is 3.95. The molecular formula is C16H18ClN3OS. The summed E-state index contributed by atoms with van der Waals surface area (Å²) in [6.45, 7) is 7.73. The van der Waals surface area contributed by atoms with Gasteiger partial charge in [0.1, 0.15) is 5.15 Å². The smallest absolute Gasteiger partial charge is 0.251 e. The molecule has 1 amide bonds. The van der Waals surface area contributed by atoms with E-state index < -0.39 is 0 Å². The lowest BCUT2D eigenvalue weighted by atomic mass is 10.1. The minimum absolute atomic E-state index is 0.0844. The van der Waals surface area contributed by atoms with Crippen molar-refractivity contribution >= 4 is 29.3 Å². The van der Waals surface area contributed by atoms with Crippen molar-refractivity contribution in [1.29, 1.82) is 0 Å². The van der Waals surface area contributed by atoms with Crippen LogP contribution >= 0.6 is 23.4 Å². The Morgan fingerprint density at radius 1 is 1.18 bits per heavy atom. The van der Waals surface area contributed by atoms with Crippen LogP contribution in [0.4, 0.5) is 0 Å². The monoisotopic (exact) mass is 335 g/mol. The highest BCUT2D eigenvalue weighted by Crippen LogP contribution is 2.26. The standard InChI is InChI=1S/C16H18ClN3OS/c1-10-9-13(17)19-15(18-10)22-12-7-5-11(6-8-12)14(21)20-16(2,3)4/h5-9H,1-4H3,(H,20,21). The average Bonchev–Trinajstić information content (AvgIpc) is 2.36. The summed E-state index contributed by atoms with van der Waals surface area (Å²) in [6, 6.07) is 9.05. The fourth-order valence-corrected chi connectivity index (χ4v) is 2.85. The SMILES string of the molecule is Cc1cc(Cl)nc(Sc2ccc(C(=O)NC(C)(C)C)cc2)n1. The third-order valence-electron chi connectivity index (χ3n) is 2.62. The van der Waals surface area contributed by atoms with Crippen LogP contribution in [0.3, 0.4) is 0 Å². The van der Waals surface area contributed by atoms with Crippen LogP contribution < -0.4 is 5.32 Å². The summed E-state index contributed by atoms with van der Waals surface area (Å²) in [7, 11) is 0. The Balaban J connectivity index is 2.10. The number of rotatable bonds is 3. The first-order valence-corrected chi connectivity index (χ1v) is 8.04. The number of carbonyl (C=O) groups is 1. The largest absolute Gasteiger partial charge is 0.347 e. The van der Waals surface area contributed by atoms with Crippen LogP contribution in [0.25, 0.3) is 0 Å². The first-order chi connectivity index (χ1) is 10.2. The summed E-state index contributed by atoms with van der Waals surface area (Å²) in [4.78, 5) is 21.5. The zero-order chi connectivity index (χ0) is 16.3. The normalized spacial score (nSPS) is 11.3. The van der Waals surface area contributed by atoms with Crippen molar-refractivity contribution in [2.45, 2.75) is 43.3 Å². The maximum Gasteiger partial charge on any atom is 0.251 e. The Morgan fingerprint density at radius 3 is 2.36 bits per heavy atom. The molecule has 0 aliphatic rings. The summed E-state index contributed by atoms with van der Waals surface area (Å²) in [6.07, 6.45) is 0. The summed E-state index contributed by atoms with van der Waals surface area (Å²) < 4.78 is 0. The molecule has 22 heavy (non-hydrogen) atoms. The minimum atomic E-state index is -0.253. The van der Waals surface area contributed by atoms with Crippen molar-refractivity contribution in [2.24, 2.45) is 0 Å². The third kappa shape index (κ3) is 5.00. The van der Waals surface area contributed by atoms with Crippen molar-refractivity contribution < 1.29 is 4.79 Å². The van der Waals surface area contributed by atoms with Gasteiger partial charge in [-0.15, -0.1) is 0 Å². The highest BCUT2D eigenvalue weighted by molar-refractivity contribution is 7.99. The van der Waals surface area contributed by atoms with Gasteiger partial charge in [-0.1, -0.05) is 11.6 Å². The van der Waals surface area contributed by atoms with Crippen LogP contribution in [0.15, 0.2) is 40.4 Å². The number of hydrogen-bond donors (Lipinski definition) is 1. The van der Waals surface area contributed by atoms with Gasteiger partial charge in [0.2, 0.25) is 0 Å². The van der Waals surface area contributed by atoms with Crippen molar-refractivity contribution in [3.63, 3.8) is 0 Å². The Kier molecular flexibility index (Phi) is 5.08. The predicted octanol–water partition coefficient (Wildman–Crippen LogP) is 4.12. The maximum absolute atomic E-state index is 12.1. The van der Waals surface area contributed by atoms with E-state index in [1.807, 2.05) is 39.8 Å². The zero-order valence-electron chi connectivity index (χ0n) is 13.0. The Morgan fingerprint density at radius 2 is 1.82 bits per heavy atom. The minimum Gasteiger partial charge on any atom is -0.347 e. The summed E-state index contributed by atoms with van der Waals surface area (Å²) >= 11 is 7.34. The highest BCUT2D eigenvalue weighted by Gasteiger charge is 2.15. The third-order valence-corrected chi connectivity index (χ3v) is 3.68. The van der Waals surface area contributed by atoms with Gasteiger partial charge in [-0.3, -0.25) is 4.79 Å². The number of nitrogens with zero attached hydrogens (tertiary/aromatic N) is 2. The number of amides is 1. The van der Waals surface area contributed by atoms with Gasteiger partial charge in [0.25, 0.3) is 5.91 Å². The molecule has 0 radical (unpaired) electrons. The second kappa shape index (κ2) is 6.67. The lowest BCUT2D eigenvalue weighted by molar-refractivity contribution is 0.0919. The lowest BCUT2D eigenvalue weighted by Gasteiger charge is -2.20. The van der Waals surface area contributed by atoms with E-state index in [0.29, 0.717) is 15.9 Å². The fraction of sp³-hybridized carbons (Fsp3) is 0.312. The summed E-state index contributed by atoms with van der Waals surface area (Å²) in [5.74, 6) is -0.0844. The Labute approximate surface area is 139 Å². The summed E-state index contributed by atoms with van der Waals surface area (Å²) in [5.41, 5.74) is 1.20. The van der Waals surface area contributed by atoms with Crippen LogP contribution in [0, 0.1) is 6.92 Å². The van der Waals surface area contributed by atoms with E-state index in [-0.39, 0.29) is 11.4 Å². The molecule has 1 heterocycles. The molecule has 2 aromatic rings. The quantitative estimate of drug-likeness (QED) is 0.677. The molecule has 0 saturated heterocycles. The van der Waals surface area contributed by atoms with Gasteiger partial charge >= 0.3 is 0 Å². The molecule has 0 fully saturated rings. The molecule has 0 bridgehead atoms. The van der Waals surface area contributed by atoms with E-state index in [1.54, 1.807) is 18.2 Å². The van der Waals surface area contributed by atoms with Crippen molar-refractivity contribution in [1.82, 2.24) is 15.3 Å². The number of carbonyl (C=O) groups excluding carboxylic acids is 1. The van der Waals surface area contributed by atoms with Crippen molar-refractivity contribution in [2.75, 3.05) is 0 Å². The van der Waals surface area contributed by atoms with Crippen LogP contribution in [-0.2, 0) is 0 Å². The molecule has 1 aromatic heterocycles. The molecule has 4 nitrogen and oxygen atoms in total. The molecule has 6 heteroatoms. The lowest BCUT2D eigenvalue weighted by Crippen LogP contribution is -2.40. The number of aromatic nitrogens is 2. The molecule has 116 valence electrons. The van der Waals surface area contributed by atoms with Gasteiger partial charge < -0.3 is 5.32 Å². The van der Waals surface area contributed by atoms with E-state index in [1.165, 1.54) is 11.8 Å². The average molecular weight is 336 g/mol. The molecule has 0 unspecified atom stereocenters. The van der Waals surface area contributed by atoms with Gasteiger partial charge in [-0.05, 0) is 69.8 Å². The van der Waals surface area contributed by atoms with Crippen LogP contribution in [0.2, 0.25) is 5.15 Å². The number of aryl methyl sites for hydroxylation is 1. The number of hydrogen-bond acceptors (Lipinski definition) is 4. The maximum atomic E-state index is 12.1. The highest BCUT2D eigenvalue weighted by atomic mass is 35.5. The van der Waals surface area contributed by atoms with Gasteiger partial charge in [-0.2, -0.15) is 0 Å². The Hall–Kier alpha value is -1.59. The molecule has 0 saturated carbocycles. The molecule has 0 aliphatic heterocycles. The second-order valence-electron chi connectivity index (χ2n) is 5.95. The molecule has 1 aromatic carbocycles. The van der Waals surface area contributed by atoms with E-state index >= 15 is 0 Å². The molecule has 0 aliphatic carbocycles. The van der Waals surface area contributed by atoms with Gasteiger partial charge in [0.15, 0.2) is 5.16 Å². The van der Waals surface area contributed by atoms with Crippen LogP contribution in [-0.4, -0.2) is 21.4 Å². The van der Waals surface area contributed by atoms with E-state index in [0.717, 1.165) is 10.6 Å². The van der Waals surface area contributed by atoms with Gasteiger partial charge in [-0.25, -0.2) is 9.97 Å². The van der Waals surface area contributed by atoms with E-state index in [2.05, 4.69) is 15.3 Å². The molecule has 0 spiro atoms. The fourth-order valence-electron chi connectivity index (χ4n) is 1.74.